The Morgan fingerprint density at radius 1 is 0.923 bits per heavy atom. The number of nitrogens with two attached hydrogens (primary N) is 2. The van der Waals surface area contributed by atoms with Crippen LogP contribution in [0.1, 0.15) is 45.1 Å². The number of carbonyl (C=O) groups excluding carboxylic acids is 3. The molecule has 4 atom stereocenters. The molecule has 1 aromatic carbocycles. The topological polar surface area (TPSA) is 230 Å². The highest BCUT2D eigenvalue weighted by atomic mass is 16.4. The maximum Gasteiger partial charge on any atom is 0.326 e. The number of carboxylic acids is 2. The molecule has 0 saturated heterocycles. The average Bonchev–Trinajstić information content (AvgIpc) is 3.28. The molecule has 10 N–H and O–H groups in total. The molecular formula is C26H38N6O7. The van der Waals surface area contributed by atoms with Crippen LogP contribution in [-0.2, 0) is 30.4 Å². The van der Waals surface area contributed by atoms with Gasteiger partial charge in [-0.2, -0.15) is 0 Å². The summed E-state index contributed by atoms with van der Waals surface area (Å²) >= 11 is 0. The number of aromatic nitrogens is 1. The molecule has 4 unspecified atom stereocenters. The normalized spacial score (nSPS) is 14.3. The van der Waals surface area contributed by atoms with Crippen molar-refractivity contribution < 1.29 is 34.2 Å². The Balaban J connectivity index is 2.17. The molecule has 0 saturated carbocycles. The van der Waals surface area contributed by atoms with Crippen molar-refractivity contribution in [1.82, 2.24) is 20.9 Å². The molecule has 1 aromatic heterocycles. The monoisotopic (exact) mass is 546 g/mol. The fourth-order valence-corrected chi connectivity index (χ4v) is 4.09. The number of hydrogen-bond donors (Lipinski definition) is 8. The summed E-state index contributed by atoms with van der Waals surface area (Å²) in [6.45, 7) is 3.70. The number of rotatable bonds is 16. The van der Waals surface area contributed by atoms with Crippen LogP contribution in [0.5, 0.6) is 0 Å². The van der Waals surface area contributed by atoms with Crippen LogP contribution in [0.4, 0.5) is 0 Å². The van der Waals surface area contributed by atoms with Crippen molar-refractivity contribution in [3.8, 4) is 0 Å². The van der Waals surface area contributed by atoms with Gasteiger partial charge in [0, 0.05) is 23.5 Å². The minimum atomic E-state index is -1.36. The summed E-state index contributed by atoms with van der Waals surface area (Å²) in [5.41, 5.74) is 12.7. The molecule has 214 valence electrons. The lowest BCUT2D eigenvalue weighted by Crippen LogP contribution is -2.58. The van der Waals surface area contributed by atoms with Crippen LogP contribution < -0.4 is 27.4 Å². The molecule has 39 heavy (non-hydrogen) atoms. The zero-order valence-corrected chi connectivity index (χ0v) is 22.1. The predicted octanol–water partition coefficient (Wildman–Crippen LogP) is -0.164. The zero-order chi connectivity index (χ0) is 29.1. The van der Waals surface area contributed by atoms with E-state index in [0.717, 1.165) is 10.9 Å². The summed E-state index contributed by atoms with van der Waals surface area (Å²) in [4.78, 5) is 64.7. The van der Waals surface area contributed by atoms with E-state index in [1.807, 2.05) is 24.3 Å². The Labute approximate surface area is 226 Å². The van der Waals surface area contributed by atoms with Crippen LogP contribution in [0, 0.1) is 5.92 Å². The smallest absolute Gasteiger partial charge is 0.326 e. The molecule has 0 aliphatic rings. The van der Waals surface area contributed by atoms with Gasteiger partial charge in [0.15, 0.2) is 0 Å². The molecular weight excluding hydrogens is 508 g/mol. The second-order valence-corrected chi connectivity index (χ2v) is 9.74. The first-order valence-electron chi connectivity index (χ1n) is 12.8. The molecule has 0 spiro atoms. The molecule has 0 bridgehead atoms. The summed E-state index contributed by atoms with van der Waals surface area (Å²) in [5, 5.41) is 27.1. The van der Waals surface area contributed by atoms with Crippen LogP contribution in [0.25, 0.3) is 10.9 Å². The maximum absolute atomic E-state index is 13.2. The molecule has 0 aliphatic carbocycles. The van der Waals surface area contributed by atoms with Crippen molar-refractivity contribution in [2.45, 2.75) is 70.1 Å². The molecule has 2 rings (SSSR count). The second kappa shape index (κ2) is 14.8. The van der Waals surface area contributed by atoms with Crippen molar-refractivity contribution in [2.75, 3.05) is 6.54 Å². The Morgan fingerprint density at radius 2 is 1.59 bits per heavy atom. The van der Waals surface area contributed by atoms with Crippen LogP contribution in [-0.4, -0.2) is 75.6 Å². The first-order chi connectivity index (χ1) is 18.4. The van der Waals surface area contributed by atoms with Gasteiger partial charge in [-0.25, -0.2) is 4.79 Å². The molecule has 0 fully saturated rings. The van der Waals surface area contributed by atoms with Gasteiger partial charge in [0.1, 0.15) is 18.1 Å². The molecule has 2 aromatic rings. The fraction of sp³-hybridized carbons (Fsp3) is 0.500. The summed E-state index contributed by atoms with van der Waals surface area (Å²) in [6, 6.07) is 2.55. The average molecular weight is 547 g/mol. The third kappa shape index (κ3) is 9.37. The number of H-pyrrole nitrogens is 1. The number of benzene rings is 1. The number of aliphatic carboxylic acids is 2. The maximum atomic E-state index is 13.2. The highest BCUT2D eigenvalue weighted by molar-refractivity contribution is 5.95. The number of aromatic amines is 1. The largest absolute Gasteiger partial charge is 0.481 e. The number of para-hydroxylation sites is 1. The lowest BCUT2D eigenvalue weighted by atomic mass is 10.0. The van der Waals surface area contributed by atoms with Gasteiger partial charge >= 0.3 is 11.9 Å². The van der Waals surface area contributed by atoms with Gasteiger partial charge in [-0.3, -0.25) is 19.2 Å². The summed E-state index contributed by atoms with van der Waals surface area (Å²) in [7, 11) is 0. The van der Waals surface area contributed by atoms with Gasteiger partial charge in [-0.05, 0) is 43.4 Å². The molecule has 0 aliphatic heterocycles. The SMILES string of the molecule is CC(C)C(NC(=O)C(N)CC(=O)O)C(=O)NC(CCCCN)C(=O)NC(Cc1c[nH]c2ccccc12)C(=O)O. The zero-order valence-electron chi connectivity index (χ0n) is 22.1. The summed E-state index contributed by atoms with van der Waals surface area (Å²) < 4.78 is 0. The van der Waals surface area contributed by atoms with Gasteiger partial charge in [0.25, 0.3) is 0 Å². The van der Waals surface area contributed by atoms with Crippen LogP contribution in [0.2, 0.25) is 0 Å². The van der Waals surface area contributed by atoms with E-state index in [2.05, 4.69) is 20.9 Å². The van der Waals surface area contributed by atoms with E-state index < -0.39 is 66.2 Å². The standard InChI is InChI=1S/C26H38N6O7/c1-14(2)22(32-23(35)17(28)12-21(33)34)25(37)30-19(9-5-6-10-27)24(36)31-20(26(38)39)11-15-13-29-18-8-4-3-7-16(15)18/h3-4,7-8,13-14,17,19-20,22,29H,5-6,9-12,27-28H2,1-2H3,(H,30,37)(H,31,36)(H,32,35)(H,33,34)(H,38,39). The quantitative estimate of drug-likeness (QED) is 0.131. The number of nitrogens with one attached hydrogen (secondary N) is 4. The van der Waals surface area contributed by atoms with Gasteiger partial charge < -0.3 is 42.6 Å². The summed E-state index contributed by atoms with van der Waals surface area (Å²) in [5.74, 6) is -5.12. The molecule has 3 amide bonds. The third-order valence-corrected chi connectivity index (χ3v) is 6.27. The van der Waals surface area contributed by atoms with E-state index >= 15 is 0 Å². The van der Waals surface area contributed by atoms with Gasteiger partial charge in [0.2, 0.25) is 17.7 Å². The first kappa shape index (κ1) is 31.2. The molecule has 0 radical (unpaired) electrons. The number of amides is 3. The Bertz CT molecular complexity index is 1160. The van der Waals surface area contributed by atoms with E-state index in [0.29, 0.717) is 24.9 Å². The van der Waals surface area contributed by atoms with Crippen LogP contribution >= 0.6 is 0 Å². The minimum absolute atomic E-state index is 0.0146. The highest BCUT2D eigenvalue weighted by Crippen LogP contribution is 2.19. The van der Waals surface area contributed by atoms with Crippen molar-refractivity contribution in [3.05, 3.63) is 36.0 Å². The van der Waals surface area contributed by atoms with Crippen LogP contribution in [0.15, 0.2) is 30.5 Å². The van der Waals surface area contributed by atoms with Crippen molar-refractivity contribution in [3.63, 3.8) is 0 Å². The van der Waals surface area contributed by atoms with Gasteiger partial charge in [-0.1, -0.05) is 32.0 Å². The second-order valence-electron chi connectivity index (χ2n) is 9.74. The van der Waals surface area contributed by atoms with Gasteiger partial charge in [0.05, 0.1) is 12.5 Å². The lowest BCUT2D eigenvalue weighted by Gasteiger charge is -2.27. The first-order valence-corrected chi connectivity index (χ1v) is 12.8. The van der Waals surface area contributed by atoms with Crippen LogP contribution in [0.3, 0.4) is 0 Å². The number of hydrogen-bond acceptors (Lipinski definition) is 7. The van der Waals surface area contributed by atoms with E-state index in [-0.39, 0.29) is 12.8 Å². The Kier molecular flexibility index (Phi) is 11.9. The third-order valence-electron chi connectivity index (χ3n) is 6.27. The Hall–Kier alpha value is -3.97. The van der Waals surface area contributed by atoms with E-state index in [9.17, 15) is 29.1 Å². The van der Waals surface area contributed by atoms with Gasteiger partial charge in [-0.15, -0.1) is 0 Å². The summed E-state index contributed by atoms with van der Waals surface area (Å²) in [6.07, 6.45) is 2.34. The Morgan fingerprint density at radius 3 is 2.21 bits per heavy atom. The van der Waals surface area contributed by atoms with E-state index in [1.165, 1.54) is 0 Å². The van der Waals surface area contributed by atoms with E-state index in [4.69, 9.17) is 16.6 Å². The van der Waals surface area contributed by atoms with Crippen molar-refractivity contribution in [1.29, 1.82) is 0 Å². The molecule has 13 heteroatoms. The highest BCUT2D eigenvalue weighted by Gasteiger charge is 2.32. The number of carbonyl (C=O) groups is 5. The number of fused-ring (bicyclic) bond motifs is 1. The van der Waals surface area contributed by atoms with Crippen molar-refractivity contribution >= 4 is 40.6 Å². The predicted molar refractivity (Wildman–Crippen MR) is 143 cm³/mol. The van der Waals surface area contributed by atoms with Crippen molar-refractivity contribution in [2.24, 2.45) is 17.4 Å². The molecule has 1 heterocycles. The lowest BCUT2D eigenvalue weighted by molar-refractivity contribution is -0.142. The molecule has 13 nitrogen and oxygen atoms in total. The minimum Gasteiger partial charge on any atom is -0.481 e. The number of unbranched alkanes of at least 4 members (excludes halogenated alkanes) is 1. The fourth-order valence-electron chi connectivity index (χ4n) is 4.09. The number of carboxylic acid groups (broad SMARTS) is 2. The van der Waals surface area contributed by atoms with E-state index in [1.54, 1.807) is 20.0 Å².